The van der Waals surface area contributed by atoms with E-state index in [1.54, 1.807) is 55.6 Å². The summed E-state index contributed by atoms with van der Waals surface area (Å²) in [5.74, 6) is -0.939. The number of imide groups is 1. The standard InChI is InChI=1S/C32H26N2O7/c1-18-13-22(9-12-28(18)40-2)33-30(37)21-5-4-6-23(16-21)34-31(38)24-10-8-20(17-25(24)32(34)39)26(35)14-19-7-11-29(41-3)27(36)15-19/h4-13,15-17,36H,14H2,1-3H3,(H,33,37). The molecule has 1 aliphatic heterocycles. The molecule has 9 heteroatoms. The molecule has 3 amide bonds. The van der Waals surface area contributed by atoms with Gasteiger partial charge >= 0.3 is 0 Å². The lowest BCUT2D eigenvalue weighted by Crippen LogP contribution is -2.29. The zero-order chi connectivity index (χ0) is 29.3. The van der Waals surface area contributed by atoms with Crippen LogP contribution in [0.5, 0.6) is 17.2 Å². The van der Waals surface area contributed by atoms with E-state index in [4.69, 9.17) is 9.47 Å². The molecule has 0 aliphatic carbocycles. The zero-order valence-electron chi connectivity index (χ0n) is 22.6. The van der Waals surface area contributed by atoms with Gasteiger partial charge in [-0.05, 0) is 78.7 Å². The van der Waals surface area contributed by atoms with Crippen molar-refractivity contribution in [2.75, 3.05) is 24.4 Å². The third-order valence-electron chi connectivity index (χ3n) is 6.84. The molecule has 9 nitrogen and oxygen atoms in total. The Hall–Kier alpha value is -5.44. The van der Waals surface area contributed by atoms with Crippen molar-refractivity contribution in [2.24, 2.45) is 0 Å². The van der Waals surface area contributed by atoms with Gasteiger partial charge in [-0.1, -0.05) is 18.2 Å². The van der Waals surface area contributed by atoms with Gasteiger partial charge in [-0.15, -0.1) is 0 Å². The van der Waals surface area contributed by atoms with Gasteiger partial charge in [-0.25, -0.2) is 4.90 Å². The number of benzene rings is 4. The fraction of sp³-hybridized carbons (Fsp3) is 0.125. The maximum atomic E-state index is 13.4. The van der Waals surface area contributed by atoms with Crippen molar-refractivity contribution in [3.8, 4) is 17.2 Å². The highest BCUT2D eigenvalue weighted by atomic mass is 16.5. The largest absolute Gasteiger partial charge is 0.504 e. The number of nitrogens with one attached hydrogen (secondary N) is 1. The first-order chi connectivity index (χ1) is 19.7. The van der Waals surface area contributed by atoms with E-state index in [1.165, 1.54) is 37.4 Å². The molecule has 206 valence electrons. The number of methoxy groups -OCH3 is 2. The van der Waals surface area contributed by atoms with Crippen molar-refractivity contribution in [1.82, 2.24) is 0 Å². The van der Waals surface area contributed by atoms with E-state index in [9.17, 15) is 24.3 Å². The summed E-state index contributed by atoms with van der Waals surface area (Å²) in [5.41, 5.74) is 3.00. The second-order valence-electron chi connectivity index (χ2n) is 9.50. The van der Waals surface area contributed by atoms with E-state index in [2.05, 4.69) is 5.32 Å². The van der Waals surface area contributed by atoms with Crippen LogP contribution in [0.4, 0.5) is 11.4 Å². The molecule has 0 radical (unpaired) electrons. The lowest BCUT2D eigenvalue weighted by atomic mass is 9.99. The number of nitrogens with zero attached hydrogens (tertiary/aromatic N) is 1. The average molecular weight is 551 g/mol. The van der Waals surface area contributed by atoms with E-state index in [0.717, 1.165) is 10.5 Å². The van der Waals surface area contributed by atoms with Gasteiger partial charge in [0.05, 0.1) is 31.0 Å². The van der Waals surface area contributed by atoms with Crippen LogP contribution in [-0.4, -0.2) is 42.8 Å². The topological polar surface area (TPSA) is 122 Å². The minimum absolute atomic E-state index is 0.0208. The molecule has 0 aromatic heterocycles. The Labute approximate surface area is 235 Å². The first-order valence-electron chi connectivity index (χ1n) is 12.7. The number of ether oxygens (including phenoxy) is 2. The SMILES string of the molecule is COc1ccc(NC(=O)c2cccc(N3C(=O)c4ccc(C(=O)Cc5ccc(OC)c(O)c5)cc4C3=O)c2)cc1C. The van der Waals surface area contributed by atoms with Crippen LogP contribution >= 0.6 is 0 Å². The van der Waals surface area contributed by atoms with E-state index < -0.39 is 17.7 Å². The second kappa shape index (κ2) is 11.0. The predicted octanol–water partition coefficient (Wildman–Crippen LogP) is 5.20. The number of hydrogen-bond acceptors (Lipinski definition) is 7. The minimum atomic E-state index is -0.593. The Morgan fingerprint density at radius 1 is 0.805 bits per heavy atom. The first kappa shape index (κ1) is 27.1. The number of Topliss-reactive ketones (excluding diaryl/α,β-unsaturated/α-hetero) is 1. The molecule has 1 aliphatic rings. The van der Waals surface area contributed by atoms with Crippen molar-refractivity contribution < 1.29 is 33.8 Å². The Balaban J connectivity index is 1.35. The van der Waals surface area contributed by atoms with Crippen LogP contribution < -0.4 is 19.7 Å². The van der Waals surface area contributed by atoms with Gasteiger partial charge in [0.2, 0.25) is 0 Å². The van der Waals surface area contributed by atoms with Crippen LogP contribution in [0.15, 0.2) is 78.9 Å². The number of hydrogen-bond donors (Lipinski definition) is 2. The summed E-state index contributed by atoms with van der Waals surface area (Å²) in [6.07, 6.45) is -0.0208. The van der Waals surface area contributed by atoms with E-state index in [1.807, 2.05) is 6.92 Å². The summed E-state index contributed by atoms with van der Waals surface area (Å²) in [6.45, 7) is 1.86. The quantitative estimate of drug-likeness (QED) is 0.229. The van der Waals surface area contributed by atoms with Gasteiger partial charge in [-0.2, -0.15) is 0 Å². The zero-order valence-corrected chi connectivity index (χ0v) is 22.6. The van der Waals surface area contributed by atoms with Gasteiger partial charge in [0, 0.05) is 23.2 Å². The average Bonchev–Trinajstić information content (AvgIpc) is 3.22. The molecule has 0 fully saturated rings. The number of amides is 3. The summed E-state index contributed by atoms with van der Waals surface area (Å²) in [5, 5.41) is 12.8. The highest BCUT2D eigenvalue weighted by Gasteiger charge is 2.37. The highest BCUT2D eigenvalue weighted by molar-refractivity contribution is 6.35. The summed E-state index contributed by atoms with van der Waals surface area (Å²) in [7, 11) is 3.00. The molecular formula is C32H26N2O7. The fourth-order valence-corrected chi connectivity index (χ4v) is 4.73. The molecule has 0 bridgehead atoms. The minimum Gasteiger partial charge on any atom is -0.504 e. The monoisotopic (exact) mass is 550 g/mol. The summed E-state index contributed by atoms with van der Waals surface area (Å²) >= 11 is 0. The Kier molecular flexibility index (Phi) is 7.26. The number of carbonyl (C=O) groups excluding carboxylic acids is 4. The summed E-state index contributed by atoms with van der Waals surface area (Å²) < 4.78 is 10.3. The number of aromatic hydroxyl groups is 1. The molecule has 5 rings (SSSR count). The van der Waals surface area contributed by atoms with Gasteiger partial charge in [0.15, 0.2) is 17.3 Å². The van der Waals surface area contributed by atoms with Gasteiger partial charge < -0.3 is 19.9 Å². The third kappa shape index (κ3) is 5.25. The molecule has 4 aromatic rings. The van der Waals surface area contributed by atoms with Crippen LogP contribution in [0.1, 0.15) is 52.6 Å². The summed E-state index contributed by atoms with van der Waals surface area (Å²) in [4.78, 5) is 53.5. The van der Waals surface area contributed by atoms with Crippen molar-refractivity contribution >= 4 is 34.9 Å². The molecule has 0 spiro atoms. The van der Waals surface area contributed by atoms with Crippen molar-refractivity contribution in [1.29, 1.82) is 0 Å². The van der Waals surface area contributed by atoms with Gasteiger partial charge in [-0.3, -0.25) is 19.2 Å². The second-order valence-corrected chi connectivity index (χ2v) is 9.50. The van der Waals surface area contributed by atoms with Crippen LogP contribution in [0, 0.1) is 6.92 Å². The number of phenols is 1. The molecule has 4 aromatic carbocycles. The number of rotatable bonds is 8. The number of aryl methyl sites for hydroxylation is 1. The molecule has 0 saturated carbocycles. The number of fused-ring (bicyclic) bond motifs is 1. The van der Waals surface area contributed by atoms with E-state index >= 15 is 0 Å². The van der Waals surface area contributed by atoms with Crippen LogP contribution in [0.3, 0.4) is 0 Å². The van der Waals surface area contributed by atoms with Crippen molar-refractivity contribution in [3.63, 3.8) is 0 Å². The Morgan fingerprint density at radius 3 is 2.24 bits per heavy atom. The number of carbonyl (C=O) groups is 4. The van der Waals surface area contributed by atoms with Gasteiger partial charge in [0.1, 0.15) is 5.75 Å². The molecule has 1 heterocycles. The van der Waals surface area contributed by atoms with E-state index in [0.29, 0.717) is 22.7 Å². The van der Waals surface area contributed by atoms with Gasteiger partial charge in [0.25, 0.3) is 17.7 Å². The molecule has 2 N–H and O–H groups in total. The molecule has 0 atom stereocenters. The Bertz CT molecular complexity index is 1730. The number of ketones is 1. The number of anilines is 2. The first-order valence-corrected chi connectivity index (χ1v) is 12.7. The molecule has 0 unspecified atom stereocenters. The highest BCUT2D eigenvalue weighted by Crippen LogP contribution is 2.31. The Morgan fingerprint density at radius 2 is 1.54 bits per heavy atom. The lowest BCUT2D eigenvalue weighted by Gasteiger charge is -2.15. The maximum absolute atomic E-state index is 13.4. The number of phenolic OH excluding ortho intramolecular Hbond substituents is 1. The van der Waals surface area contributed by atoms with Crippen molar-refractivity contribution in [2.45, 2.75) is 13.3 Å². The van der Waals surface area contributed by atoms with Crippen molar-refractivity contribution in [3.05, 3.63) is 112 Å². The van der Waals surface area contributed by atoms with Crippen LogP contribution in [-0.2, 0) is 6.42 Å². The van der Waals surface area contributed by atoms with E-state index in [-0.39, 0.29) is 45.9 Å². The fourth-order valence-electron chi connectivity index (χ4n) is 4.73. The smallest absolute Gasteiger partial charge is 0.266 e. The normalized spacial score (nSPS) is 12.2. The molecule has 41 heavy (non-hydrogen) atoms. The van der Waals surface area contributed by atoms with Crippen LogP contribution in [0.25, 0.3) is 0 Å². The summed E-state index contributed by atoms with van der Waals surface area (Å²) in [6, 6.07) is 20.5. The lowest BCUT2D eigenvalue weighted by molar-refractivity contribution is 0.0923. The maximum Gasteiger partial charge on any atom is 0.266 e. The third-order valence-corrected chi connectivity index (χ3v) is 6.84. The predicted molar refractivity (Wildman–Crippen MR) is 152 cm³/mol. The molecule has 0 saturated heterocycles. The van der Waals surface area contributed by atoms with Crippen LogP contribution in [0.2, 0.25) is 0 Å². The molecular weight excluding hydrogens is 524 g/mol.